The molecule has 0 radical (unpaired) electrons. The lowest BCUT2D eigenvalue weighted by molar-refractivity contribution is -0.159. The van der Waals surface area contributed by atoms with Crippen molar-refractivity contribution in [1.29, 1.82) is 0 Å². The lowest BCUT2D eigenvalue weighted by atomic mass is 10.1. The molecule has 0 amide bonds. The molecule has 5 nitrogen and oxygen atoms in total. The third-order valence-electron chi connectivity index (χ3n) is 3.07. The third-order valence-corrected chi connectivity index (χ3v) is 3.07. The van der Waals surface area contributed by atoms with E-state index in [9.17, 15) is 9.59 Å². The zero-order chi connectivity index (χ0) is 14.5. The van der Waals surface area contributed by atoms with Crippen LogP contribution in [0.4, 0.5) is 0 Å². The van der Waals surface area contributed by atoms with E-state index in [4.69, 9.17) is 9.47 Å². The second-order valence-electron chi connectivity index (χ2n) is 6.01. The first-order chi connectivity index (χ1) is 8.81. The minimum absolute atomic E-state index is 0.0143. The lowest BCUT2D eigenvalue weighted by Gasteiger charge is -2.23. The maximum atomic E-state index is 11.8. The highest BCUT2D eigenvalue weighted by Gasteiger charge is 2.29. The van der Waals surface area contributed by atoms with Crippen LogP contribution in [0.15, 0.2) is 0 Å². The fourth-order valence-electron chi connectivity index (χ4n) is 2.28. The first-order valence-electron chi connectivity index (χ1n) is 6.87. The van der Waals surface area contributed by atoms with Gasteiger partial charge in [-0.3, -0.25) is 9.59 Å². The number of hydrogen-bond acceptors (Lipinski definition) is 5. The molecule has 0 aromatic carbocycles. The van der Waals surface area contributed by atoms with Crippen molar-refractivity contribution in [3.05, 3.63) is 0 Å². The Morgan fingerprint density at radius 1 is 1.26 bits per heavy atom. The Labute approximate surface area is 115 Å². The molecule has 1 atom stereocenters. The molecule has 19 heavy (non-hydrogen) atoms. The maximum absolute atomic E-state index is 11.8. The van der Waals surface area contributed by atoms with Gasteiger partial charge in [0.2, 0.25) is 0 Å². The van der Waals surface area contributed by atoms with Crippen molar-refractivity contribution in [3.63, 3.8) is 0 Å². The molecule has 1 saturated carbocycles. The molecule has 0 saturated heterocycles. The molecule has 0 aromatic heterocycles. The Kier molecular flexibility index (Phi) is 5.79. The fraction of sp³-hybridized carbons (Fsp3) is 0.857. The number of ether oxygens (including phenoxy) is 2. The standard InChI is InChI=1S/C14H25NO4/c1-14(2,3)19-12(16)9-11(13(17)18-4)15-10-7-5-6-8-10/h10-11,15H,5-9H2,1-4H3. The van der Waals surface area contributed by atoms with Crippen molar-refractivity contribution in [2.45, 2.75) is 70.6 Å². The summed E-state index contributed by atoms with van der Waals surface area (Å²) in [6.45, 7) is 5.42. The van der Waals surface area contributed by atoms with Crippen LogP contribution in [0.25, 0.3) is 0 Å². The molecule has 0 aromatic rings. The van der Waals surface area contributed by atoms with Gasteiger partial charge in [0.05, 0.1) is 13.5 Å². The van der Waals surface area contributed by atoms with E-state index in [1.165, 1.54) is 7.11 Å². The van der Waals surface area contributed by atoms with Gasteiger partial charge in [0.1, 0.15) is 11.6 Å². The highest BCUT2D eigenvalue weighted by Crippen LogP contribution is 2.19. The molecule has 5 heteroatoms. The molecular weight excluding hydrogens is 246 g/mol. The van der Waals surface area contributed by atoms with Crippen molar-refractivity contribution in [1.82, 2.24) is 5.32 Å². The topological polar surface area (TPSA) is 64.6 Å². The predicted octanol–water partition coefficient (Wildman–Crippen LogP) is 1.79. The molecule has 110 valence electrons. The van der Waals surface area contributed by atoms with Crippen LogP contribution in [-0.4, -0.2) is 36.7 Å². The van der Waals surface area contributed by atoms with Gasteiger partial charge in [-0.25, -0.2) is 0 Å². The Morgan fingerprint density at radius 2 is 1.84 bits per heavy atom. The Bertz CT molecular complexity index is 316. The highest BCUT2D eigenvalue weighted by atomic mass is 16.6. The average molecular weight is 271 g/mol. The van der Waals surface area contributed by atoms with Crippen LogP contribution in [0.5, 0.6) is 0 Å². The summed E-state index contributed by atoms with van der Waals surface area (Å²) in [5.74, 6) is -0.786. The zero-order valence-electron chi connectivity index (χ0n) is 12.3. The normalized spacial score (nSPS) is 18.1. The van der Waals surface area contributed by atoms with Gasteiger partial charge < -0.3 is 14.8 Å². The summed E-state index contributed by atoms with van der Waals surface area (Å²) in [4.78, 5) is 23.5. The van der Waals surface area contributed by atoms with E-state index in [0.29, 0.717) is 6.04 Å². The van der Waals surface area contributed by atoms with Gasteiger partial charge in [0.25, 0.3) is 0 Å². The van der Waals surface area contributed by atoms with Crippen LogP contribution >= 0.6 is 0 Å². The Hall–Kier alpha value is -1.10. The second-order valence-corrected chi connectivity index (χ2v) is 6.01. The summed E-state index contributed by atoms with van der Waals surface area (Å²) >= 11 is 0. The molecule has 0 bridgehead atoms. The van der Waals surface area contributed by atoms with E-state index in [0.717, 1.165) is 25.7 Å². The molecule has 1 rings (SSSR count). The fourth-order valence-corrected chi connectivity index (χ4v) is 2.28. The van der Waals surface area contributed by atoms with Gasteiger partial charge in [-0.15, -0.1) is 0 Å². The number of hydrogen-bond donors (Lipinski definition) is 1. The summed E-state index contributed by atoms with van der Waals surface area (Å²) in [5, 5.41) is 3.21. The summed E-state index contributed by atoms with van der Waals surface area (Å²) in [6, 6.07) is -0.311. The van der Waals surface area contributed by atoms with Crippen LogP contribution in [0.2, 0.25) is 0 Å². The van der Waals surface area contributed by atoms with Gasteiger partial charge in [0, 0.05) is 6.04 Å². The van der Waals surface area contributed by atoms with Gasteiger partial charge in [-0.1, -0.05) is 12.8 Å². The number of carbonyl (C=O) groups excluding carboxylic acids is 2. The first-order valence-corrected chi connectivity index (χ1v) is 6.87. The van der Waals surface area contributed by atoms with E-state index in [1.54, 1.807) is 0 Å². The van der Waals surface area contributed by atoms with Crippen molar-refractivity contribution < 1.29 is 19.1 Å². The number of rotatable bonds is 5. The van der Waals surface area contributed by atoms with Gasteiger partial charge >= 0.3 is 11.9 Å². The van der Waals surface area contributed by atoms with Gasteiger partial charge in [-0.05, 0) is 33.6 Å². The van der Waals surface area contributed by atoms with E-state index in [2.05, 4.69) is 5.32 Å². The molecule has 0 spiro atoms. The Morgan fingerprint density at radius 3 is 2.32 bits per heavy atom. The van der Waals surface area contributed by atoms with E-state index in [-0.39, 0.29) is 12.4 Å². The quantitative estimate of drug-likeness (QED) is 0.772. The third kappa shape index (κ3) is 6.05. The predicted molar refractivity (Wildman–Crippen MR) is 71.7 cm³/mol. The Balaban J connectivity index is 2.53. The van der Waals surface area contributed by atoms with E-state index in [1.807, 2.05) is 20.8 Å². The number of methoxy groups -OCH3 is 1. The number of nitrogens with one attached hydrogen (secondary N) is 1. The van der Waals surface area contributed by atoms with E-state index >= 15 is 0 Å². The summed E-state index contributed by atoms with van der Waals surface area (Å²) in [5.41, 5.74) is -0.537. The van der Waals surface area contributed by atoms with E-state index < -0.39 is 17.6 Å². The number of carbonyl (C=O) groups is 2. The molecule has 1 unspecified atom stereocenters. The summed E-state index contributed by atoms with van der Waals surface area (Å²) < 4.78 is 9.99. The highest BCUT2D eigenvalue weighted by molar-refractivity contribution is 5.82. The second kappa shape index (κ2) is 6.89. The average Bonchev–Trinajstić information content (AvgIpc) is 2.77. The van der Waals surface area contributed by atoms with Crippen molar-refractivity contribution >= 4 is 11.9 Å². The van der Waals surface area contributed by atoms with Crippen LogP contribution in [0, 0.1) is 0 Å². The van der Waals surface area contributed by atoms with Gasteiger partial charge in [0.15, 0.2) is 0 Å². The SMILES string of the molecule is COC(=O)C(CC(=O)OC(C)(C)C)NC1CCCC1. The van der Waals surface area contributed by atoms with Crippen molar-refractivity contribution in [2.75, 3.05) is 7.11 Å². The molecule has 1 aliphatic rings. The zero-order valence-corrected chi connectivity index (χ0v) is 12.3. The molecule has 1 fully saturated rings. The molecule has 0 aliphatic heterocycles. The molecular formula is C14H25NO4. The molecule has 1 N–H and O–H groups in total. The van der Waals surface area contributed by atoms with Crippen molar-refractivity contribution in [2.24, 2.45) is 0 Å². The monoisotopic (exact) mass is 271 g/mol. The molecule has 1 aliphatic carbocycles. The van der Waals surface area contributed by atoms with Crippen LogP contribution in [0.3, 0.4) is 0 Å². The van der Waals surface area contributed by atoms with Gasteiger partial charge in [-0.2, -0.15) is 0 Å². The minimum Gasteiger partial charge on any atom is -0.468 e. The molecule has 0 heterocycles. The minimum atomic E-state index is -0.608. The summed E-state index contributed by atoms with van der Waals surface area (Å²) in [7, 11) is 1.33. The number of esters is 2. The lowest BCUT2D eigenvalue weighted by Crippen LogP contribution is -2.45. The van der Waals surface area contributed by atoms with Crippen LogP contribution < -0.4 is 5.32 Å². The summed E-state index contributed by atoms with van der Waals surface area (Å²) in [6.07, 6.45) is 4.43. The first kappa shape index (κ1) is 16.0. The maximum Gasteiger partial charge on any atom is 0.323 e. The van der Waals surface area contributed by atoms with Crippen LogP contribution in [-0.2, 0) is 19.1 Å². The van der Waals surface area contributed by atoms with Crippen molar-refractivity contribution in [3.8, 4) is 0 Å². The van der Waals surface area contributed by atoms with Crippen LogP contribution in [0.1, 0.15) is 52.9 Å². The smallest absolute Gasteiger partial charge is 0.323 e. The largest absolute Gasteiger partial charge is 0.468 e.